The number of rotatable bonds is 9. The zero-order valence-electron chi connectivity index (χ0n) is 10.8. The molecule has 7 heteroatoms. The van der Waals surface area contributed by atoms with Crippen molar-refractivity contribution in [3.05, 3.63) is 24.3 Å². The van der Waals surface area contributed by atoms with Gasteiger partial charge < -0.3 is 14.6 Å². The highest BCUT2D eigenvalue weighted by Gasteiger charge is 2.13. The Morgan fingerprint density at radius 2 is 2.05 bits per heavy atom. The van der Waals surface area contributed by atoms with Crippen molar-refractivity contribution in [2.75, 3.05) is 33.5 Å². The van der Waals surface area contributed by atoms with E-state index >= 15 is 0 Å². The molecule has 0 heterocycles. The van der Waals surface area contributed by atoms with Crippen LogP contribution in [0.5, 0.6) is 5.75 Å². The first kappa shape index (κ1) is 15.9. The fraction of sp³-hybridized carbons (Fsp3) is 0.500. The van der Waals surface area contributed by atoms with Crippen LogP contribution in [-0.2, 0) is 19.5 Å². The maximum atomic E-state index is 11.8. The third-order valence-corrected chi connectivity index (χ3v) is 3.78. The molecule has 108 valence electrons. The smallest absolute Gasteiger partial charge is 0.240 e. The molecule has 1 aromatic rings. The highest BCUT2D eigenvalue weighted by molar-refractivity contribution is 7.89. The van der Waals surface area contributed by atoms with Crippen molar-refractivity contribution in [3.63, 3.8) is 0 Å². The fourth-order valence-electron chi connectivity index (χ4n) is 1.36. The molecule has 0 fully saturated rings. The van der Waals surface area contributed by atoms with Crippen LogP contribution in [0.15, 0.2) is 29.2 Å². The van der Waals surface area contributed by atoms with Gasteiger partial charge in [-0.2, -0.15) is 0 Å². The second-order valence-corrected chi connectivity index (χ2v) is 5.62. The van der Waals surface area contributed by atoms with Gasteiger partial charge in [0.25, 0.3) is 0 Å². The number of hydrogen-bond acceptors (Lipinski definition) is 5. The lowest BCUT2D eigenvalue weighted by Crippen LogP contribution is -2.25. The first-order valence-corrected chi connectivity index (χ1v) is 7.40. The van der Waals surface area contributed by atoms with E-state index in [1.54, 1.807) is 7.11 Å². The van der Waals surface area contributed by atoms with Gasteiger partial charge in [-0.15, -0.1) is 0 Å². The van der Waals surface area contributed by atoms with Crippen LogP contribution in [0, 0.1) is 0 Å². The summed E-state index contributed by atoms with van der Waals surface area (Å²) in [7, 11) is -1.98. The van der Waals surface area contributed by atoms with E-state index in [2.05, 4.69) is 4.72 Å². The van der Waals surface area contributed by atoms with E-state index in [9.17, 15) is 13.5 Å². The number of ether oxygens (including phenoxy) is 2. The molecule has 0 aromatic heterocycles. The van der Waals surface area contributed by atoms with Gasteiger partial charge in [-0.3, -0.25) is 0 Å². The summed E-state index contributed by atoms with van der Waals surface area (Å²) in [6, 6.07) is 5.54. The Balaban J connectivity index is 2.32. The van der Waals surface area contributed by atoms with Crippen LogP contribution in [0.1, 0.15) is 6.42 Å². The van der Waals surface area contributed by atoms with E-state index in [4.69, 9.17) is 9.47 Å². The molecule has 0 aliphatic carbocycles. The highest BCUT2D eigenvalue weighted by Crippen LogP contribution is 2.15. The number of benzene rings is 1. The lowest BCUT2D eigenvalue weighted by Gasteiger charge is -2.07. The number of nitrogens with one attached hydrogen (secondary N) is 1. The number of sulfonamides is 1. The Morgan fingerprint density at radius 1 is 1.26 bits per heavy atom. The van der Waals surface area contributed by atoms with Crippen molar-refractivity contribution in [1.29, 1.82) is 0 Å². The second-order valence-electron chi connectivity index (χ2n) is 3.85. The van der Waals surface area contributed by atoms with Gasteiger partial charge in [0.15, 0.2) is 0 Å². The molecule has 2 N–H and O–H groups in total. The minimum Gasteiger partial charge on any atom is -0.508 e. The standard InChI is InChI=1S/C12H19NO5S/c1-17-8-9-18-7-3-6-13-19(15,16)12-5-2-4-11(14)10-12/h2,4-5,10,13-14H,3,6-9H2,1H3. The van der Waals surface area contributed by atoms with E-state index in [1.807, 2.05) is 0 Å². The normalized spacial score (nSPS) is 11.6. The molecule has 0 radical (unpaired) electrons. The first-order valence-electron chi connectivity index (χ1n) is 5.91. The molecule has 0 saturated heterocycles. The summed E-state index contributed by atoms with van der Waals surface area (Å²) in [5.41, 5.74) is 0. The first-order chi connectivity index (χ1) is 9.06. The van der Waals surface area contributed by atoms with Crippen molar-refractivity contribution in [1.82, 2.24) is 4.72 Å². The molecular weight excluding hydrogens is 270 g/mol. The molecule has 0 bridgehead atoms. The molecule has 0 aliphatic heterocycles. The van der Waals surface area contributed by atoms with E-state index in [1.165, 1.54) is 24.3 Å². The summed E-state index contributed by atoms with van der Waals surface area (Å²) >= 11 is 0. The fourth-order valence-corrected chi connectivity index (χ4v) is 2.47. The minimum absolute atomic E-state index is 0.0489. The molecule has 0 unspecified atom stereocenters. The van der Waals surface area contributed by atoms with Crippen LogP contribution in [-0.4, -0.2) is 47.0 Å². The average Bonchev–Trinajstić information content (AvgIpc) is 2.38. The summed E-state index contributed by atoms with van der Waals surface area (Å²) in [5, 5.41) is 9.24. The van der Waals surface area contributed by atoms with E-state index in [0.29, 0.717) is 26.2 Å². The Kier molecular flexibility index (Phi) is 6.79. The van der Waals surface area contributed by atoms with Crippen LogP contribution >= 0.6 is 0 Å². The Morgan fingerprint density at radius 3 is 2.74 bits per heavy atom. The van der Waals surface area contributed by atoms with Gasteiger partial charge >= 0.3 is 0 Å². The van der Waals surface area contributed by atoms with Crippen molar-refractivity contribution in [3.8, 4) is 5.75 Å². The maximum absolute atomic E-state index is 11.8. The Bertz CT molecular complexity index is 475. The Labute approximate surface area is 113 Å². The number of phenols is 1. The second kappa shape index (κ2) is 8.11. The van der Waals surface area contributed by atoms with Gasteiger partial charge in [0.1, 0.15) is 5.75 Å². The third kappa shape index (κ3) is 6.02. The number of methoxy groups -OCH3 is 1. The average molecular weight is 289 g/mol. The van der Waals surface area contributed by atoms with Crippen molar-refractivity contribution in [2.24, 2.45) is 0 Å². The lowest BCUT2D eigenvalue weighted by atomic mass is 10.3. The molecule has 0 aliphatic rings. The number of phenolic OH excluding ortho intramolecular Hbond substituents is 1. The van der Waals surface area contributed by atoms with Crippen LogP contribution in [0.4, 0.5) is 0 Å². The van der Waals surface area contributed by atoms with Gasteiger partial charge in [-0.25, -0.2) is 13.1 Å². The summed E-state index contributed by atoms with van der Waals surface area (Å²) in [4.78, 5) is 0.0489. The molecule has 0 saturated carbocycles. The van der Waals surface area contributed by atoms with Gasteiger partial charge in [0, 0.05) is 20.3 Å². The molecule has 1 rings (SSSR count). The van der Waals surface area contributed by atoms with Crippen LogP contribution < -0.4 is 4.72 Å². The van der Waals surface area contributed by atoms with Crippen molar-refractivity contribution >= 4 is 10.0 Å². The van der Waals surface area contributed by atoms with E-state index in [0.717, 1.165) is 0 Å². The zero-order chi connectivity index (χ0) is 14.1. The van der Waals surface area contributed by atoms with Gasteiger partial charge in [0.05, 0.1) is 18.1 Å². The summed E-state index contributed by atoms with van der Waals surface area (Å²) in [6.45, 7) is 1.77. The Hall–Kier alpha value is -1.15. The molecule has 0 spiro atoms. The van der Waals surface area contributed by atoms with Gasteiger partial charge in [0.2, 0.25) is 10.0 Å². The van der Waals surface area contributed by atoms with Crippen molar-refractivity contribution < 1.29 is 23.0 Å². The van der Waals surface area contributed by atoms with Crippen molar-refractivity contribution in [2.45, 2.75) is 11.3 Å². The number of hydrogen-bond donors (Lipinski definition) is 2. The van der Waals surface area contributed by atoms with Gasteiger partial charge in [-0.1, -0.05) is 6.07 Å². The predicted molar refractivity (Wildman–Crippen MR) is 70.6 cm³/mol. The summed E-state index contributed by atoms with van der Waals surface area (Å²) < 4.78 is 36.1. The molecular formula is C12H19NO5S. The largest absolute Gasteiger partial charge is 0.508 e. The molecule has 0 atom stereocenters. The molecule has 6 nitrogen and oxygen atoms in total. The SMILES string of the molecule is COCCOCCCNS(=O)(=O)c1cccc(O)c1. The van der Waals surface area contributed by atoms with Crippen LogP contribution in [0.2, 0.25) is 0 Å². The molecule has 19 heavy (non-hydrogen) atoms. The number of aromatic hydroxyl groups is 1. The van der Waals surface area contributed by atoms with Crippen LogP contribution in [0.3, 0.4) is 0 Å². The monoisotopic (exact) mass is 289 g/mol. The minimum atomic E-state index is -3.57. The quantitative estimate of drug-likeness (QED) is 0.654. The van der Waals surface area contributed by atoms with E-state index < -0.39 is 10.0 Å². The van der Waals surface area contributed by atoms with E-state index in [-0.39, 0.29) is 17.2 Å². The molecule has 1 aromatic carbocycles. The molecule has 0 amide bonds. The topological polar surface area (TPSA) is 84.9 Å². The third-order valence-electron chi connectivity index (χ3n) is 2.32. The predicted octanol–water partition coefficient (Wildman–Crippen LogP) is 0.724. The van der Waals surface area contributed by atoms with Crippen LogP contribution in [0.25, 0.3) is 0 Å². The summed E-state index contributed by atoms with van der Waals surface area (Å²) in [5.74, 6) is -0.0780. The van der Waals surface area contributed by atoms with Gasteiger partial charge in [-0.05, 0) is 24.6 Å². The zero-order valence-corrected chi connectivity index (χ0v) is 11.6. The maximum Gasteiger partial charge on any atom is 0.240 e. The highest BCUT2D eigenvalue weighted by atomic mass is 32.2. The lowest BCUT2D eigenvalue weighted by molar-refractivity contribution is 0.0699. The summed E-state index contributed by atoms with van der Waals surface area (Å²) in [6.07, 6.45) is 0.571.